The highest BCUT2D eigenvalue weighted by Gasteiger charge is 2.28. The molecule has 6 nitrogen and oxygen atoms in total. The molecule has 0 bridgehead atoms. The molecule has 1 aromatic rings. The molecule has 3 amide bonds. The summed E-state index contributed by atoms with van der Waals surface area (Å²) in [5.41, 5.74) is 2.37. The maximum absolute atomic E-state index is 12.9. The van der Waals surface area contributed by atoms with Crippen LogP contribution in [0.5, 0.6) is 0 Å². The number of carbonyl (C=O) groups is 3. The Hall–Kier alpha value is -2.37. The summed E-state index contributed by atoms with van der Waals surface area (Å²) in [6.45, 7) is 8.66. The third kappa shape index (κ3) is 4.31. The molecule has 1 saturated heterocycles. The zero-order valence-corrected chi connectivity index (χ0v) is 16.7. The van der Waals surface area contributed by atoms with Gasteiger partial charge in [-0.05, 0) is 35.6 Å². The van der Waals surface area contributed by atoms with Gasteiger partial charge in [-0.2, -0.15) is 0 Å². The molecule has 0 aromatic heterocycles. The summed E-state index contributed by atoms with van der Waals surface area (Å²) >= 11 is 0. The van der Waals surface area contributed by atoms with E-state index in [0.717, 1.165) is 17.7 Å². The maximum Gasteiger partial charge on any atom is 0.253 e. The largest absolute Gasteiger partial charge is 0.341 e. The summed E-state index contributed by atoms with van der Waals surface area (Å²) in [6.07, 6.45) is 1.66. The first-order valence-corrected chi connectivity index (χ1v) is 9.62. The summed E-state index contributed by atoms with van der Waals surface area (Å²) in [4.78, 5) is 42.6. The van der Waals surface area contributed by atoms with E-state index in [9.17, 15) is 14.4 Å². The minimum Gasteiger partial charge on any atom is -0.341 e. The molecule has 6 heteroatoms. The van der Waals surface area contributed by atoms with Crippen LogP contribution < -0.4 is 4.90 Å². The molecule has 0 spiro atoms. The van der Waals surface area contributed by atoms with E-state index in [1.165, 1.54) is 0 Å². The van der Waals surface area contributed by atoms with Crippen LogP contribution in [-0.2, 0) is 16.0 Å². The van der Waals surface area contributed by atoms with E-state index in [0.29, 0.717) is 44.6 Å². The number of hydrogen-bond acceptors (Lipinski definition) is 3. The van der Waals surface area contributed by atoms with Crippen LogP contribution in [-0.4, -0.2) is 60.7 Å². The quantitative estimate of drug-likeness (QED) is 0.802. The molecule has 2 aliphatic rings. The highest BCUT2D eigenvalue weighted by Crippen LogP contribution is 2.29. The normalized spacial score (nSPS) is 17.8. The van der Waals surface area contributed by atoms with Gasteiger partial charge in [-0.1, -0.05) is 20.8 Å². The van der Waals surface area contributed by atoms with Crippen molar-refractivity contribution in [3.63, 3.8) is 0 Å². The van der Waals surface area contributed by atoms with Gasteiger partial charge < -0.3 is 14.7 Å². The van der Waals surface area contributed by atoms with Gasteiger partial charge in [-0.15, -0.1) is 0 Å². The molecular weight excluding hydrogens is 342 g/mol. The molecule has 0 saturated carbocycles. The van der Waals surface area contributed by atoms with E-state index in [4.69, 9.17) is 0 Å². The first kappa shape index (κ1) is 19.4. The minimum absolute atomic E-state index is 0.0232. The molecule has 2 aliphatic heterocycles. The average Bonchev–Trinajstić information content (AvgIpc) is 2.77. The standard InChI is InChI=1S/C21H29N3O3/c1-21(2,3)14-19(26)23-8-5-9-24(11-10-23)20(27)15-6-7-17-16(12-15)13-18(25)22(17)4/h6-7,12H,5,8-11,13-14H2,1-4H3. The van der Waals surface area contributed by atoms with Crippen LogP contribution in [0.25, 0.3) is 0 Å². The van der Waals surface area contributed by atoms with E-state index < -0.39 is 0 Å². The molecule has 1 aromatic carbocycles. The number of amides is 3. The zero-order chi connectivity index (χ0) is 19.8. The smallest absolute Gasteiger partial charge is 0.253 e. The topological polar surface area (TPSA) is 60.9 Å². The number of anilines is 1. The van der Waals surface area contributed by atoms with Gasteiger partial charge >= 0.3 is 0 Å². The summed E-state index contributed by atoms with van der Waals surface area (Å²) in [7, 11) is 1.76. The van der Waals surface area contributed by atoms with Crippen molar-refractivity contribution >= 4 is 23.4 Å². The summed E-state index contributed by atoms with van der Waals surface area (Å²) in [6, 6.07) is 5.49. The van der Waals surface area contributed by atoms with Gasteiger partial charge in [-0.3, -0.25) is 14.4 Å². The number of nitrogens with zero attached hydrogens (tertiary/aromatic N) is 3. The fourth-order valence-electron chi connectivity index (χ4n) is 3.72. The van der Waals surface area contributed by atoms with Crippen molar-refractivity contribution in [2.45, 2.75) is 40.0 Å². The lowest BCUT2D eigenvalue weighted by Gasteiger charge is -2.26. The lowest BCUT2D eigenvalue weighted by molar-refractivity contribution is -0.133. The van der Waals surface area contributed by atoms with Crippen molar-refractivity contribution in [2.24, 2.45) is 5.41 Å². The average molecular weight is 371 g/mol. The maximum atomic E-state index is 12.9. The Kier molecular flexibility index (Phi) is 5.27. The van der Waals surface area contributed by atoms with Crippen molar-refractivity contribution < 1.29 is 14.4 Å². The van der Waals surface area contributed by atoms with Gasteiger partial charge in [0, 0.05) is 50.9 Å². The van der Waals surface area contributed by atoms with E-state index >= 15 is 0 Å². The molecule has 0 N–H and O–H groups in total. The molecule has 1 fully saturated rings. The molecular formula is C21H29N3O3. The van der Waals surface area contributed by atoms with Crippen molar-refractivity contribution in [3.05, 3.63) is 29.3 Å². The van der Waals surface area contributed by atoms with Crippen LogP contribution in [0.3, 0.4) is 0 Å². The molecule has 0 unspecified atom stereocenters. The number of rotatable bonds is 2. The minimum atomic E-state index is -0.0338. The second-order valence-corrected chi connectivity index (χ2v) is 8.74. The SMILES string of the molecule is CN1C(=O)Cc2cc(C(=O)N3CCCN(C(=O)CC(C)(C)C)CC3)ccc21. The Balaban J connectivity index is 1.66. The number of hydrogen-bond donors (Lipinski definition) is 0. The second kappa shape index (κ2) is 7.33. The predicted octanol–water partition coefficient (Wildman–Crippen LogP) is 2.32. The number of fused-ring (bicyclic) bond motifs is 1. The van der Waals surface area contributed by atoms with Gasteiger partial charge in [0.25, 0.3) is 5.91 Å². The Bertz CT molecular complexity index is 766. The molecule has 3 rings (SSSR count). The monoisotopic (exact) mass is 371 g/mol. The highest BCUT2D eigenvalue weighted by molar-refractivity contribution is 6.03. The zero-order valence-electron chi connectivity index (χ0n) is 16.7. The fourth-order valence-corrected chi connectivity index (χ4v) is 3.72. The van der Waals surface area contributed by atoms with Gasteiger partial charge in [0.1, 0.15) is 0 Å². The van der Waals surface area contributed by atoms with Gasteiger partial charge in [-0.25, -0.2) is 0 Å². The van der Waals surface area contributed by atoms with E-state index in [-0.39, 0.29) is 23.1 Å². The van der Waals surface area contributed by atoms with Crippen LogP contribution in [0.15, 0.2) is 18.2 Å². The van der Waals surface area contributed by atoms with Crippen LogP contribution in [0, 0.1) is 5.41 Å². The summed E-state index contributed by atoms with van der Waals surface area (Å²) < 4.78 is 0. The fraction of sp³-hybridized carbons (Fsp3) is 0.571. The Morgan fingerprint density at radius 1 is 1.04 bits per heavy atom. The predicted molar refractivity (Wildman–Crippen MR) is 105 cm³/mol. The number of benzene rings is 1. The van der Waals surface area contributed by atoms with Gasteiger partial charge in [0.2, 0.25) is 11.8 Å². The molecule has 0 radical (unpaired) electrons. The first-order valence-electron chi connectivity index (χ1n) is 9.62. The Labute approximate surface area is 161 Å². The van der Waals surface area contributed by atoms with Crippen LogP contribution in [0.2, 0.25) is 0 Å². The summed E-state index contributed by atoms with van der Waals surface area (Å²) in [5.74, 6) is 0.193. The van der Waals surface area contributed by atoms with Crippen LogP contribution in [0.4, 0.5) is 5.69 Å². The lowest BCUT2D eigenvalue weighted by Crippen LogP contribution is -2.38. The van der Waals surface area contributed by atoms with Crippen LogP contribution >= 0.6 is 0 Å². The molecule has 0 aliphatic carbocycles. The summed E-state index contributed by atoms with van der Waals surface area (Å²) in [5, 5.41) is 0. The van der Waals surface area contributed by atoms with E-state index in [1.54, 1.807) is 18.0 Å². The van der Waals surface area contributed by atoms with Crippen molar-refractivity contribution in [1.82, 2.24) is 9.80 Å². The molecule has 27 heavy (non-hydrogen) atoms. The van der Waals surface area contributed by atoms with Crippen molar-refractivity contribution in [2.75, 3.05) is 38.1 Å². The van der Waals surface area contributed by atoms with Gasteiger partial charge in [0.15, 0.2) is 0 Å². The Morgan fingerprint density at radius 3 is 2.41 bits per heavy atom. The number of carbonyl (C=O) groups excluding carboxylic acids is 3. The first-order chi connectivity index (χ1) is 12.7. The second-order valence-electron chi connectivity index (χ2n) is 8.74. The van der Waals surface area contributed by atoms with E-state index in [2.05, 4.69) is 20.8 Å². The highest BCUT2D eigenvalue weighted by atomic mass is 16.2. The third-order valence-electron chi connectivity index (χ3n) is 5.22. The number of likely N-dealkylation sites (N-methyl/N-ethyl adjacent to an activating group) is 1. The van der Waals surface area contributed by atoms with Crippen LogP contribution in [0.1, 0.15) is 49.5 Å². The molecule has 146 valence electrons. The van der Waals surface area contributed by atoms with Gasteiger partial charge in [0.05, 0.1) is 6.42 Å². The molecule has 2 heterocycles. The Morgan fingerprint density at radius 2 is 1.70 bits per heavy atom. The molecule has 0 atom stereocenters. The third-order valence-corrected chi connectivity index (χ3v) is 5.22. The van der Waals surface area contributed by atoms with Crippen molar-refractivity contribution in [1.29, 1.82) is 0 Å². The lowest BCUT2D eigenvalue weighted by atomic mass is 9.91. The van der Waals surface area contributed by atoms with Crippen molar-refractivity contribution in [3.8, 4) is 0 Å². The van der Waals surface area contributed by atoms with E-state index in [1.807, 2.05) is 21.9 Å².